The fourth-order valence-electron chi connectivity index (χ4n) is 1.03. The van der Waals surface area contributed by atoms with Crippen LogP contribution < -0.4 is 0 Å². The van der Waals surface area contributed by atoms with E-state index >= 15 is 0 Å². The Morgan fingerprint density at radius 3 is 3.00 bits per heavy atom. The number of rotatable bonds is 3. The molecule has 0 saturated heterocycles. The van der Waals surface area contributed by atoms with E-state index in [1.165, 1.54) is 0 Å². The van der Waals surface area contributed by atoms with Crippen molar-refractivity contribution in [1.29, 1.82) is 0 Å². The van der Waals surface area contributed by atoms with Gasteiger partial charge in [0.2, 0.25) is 0 Å². The molecule has 0 atom stereocenters. The second kappa shape index (κ2) is 4.14. The minimum Gasteiger partial charge on any atom is -0.361 e. The molecule has 1 rings (SSSR count). The van der Waals surface area contributed by atoms with Gasteiger partial charge in [-0.05, 0) is 25.6 Å². The third-order valence-electron chi connectivity index (χ3n) is 1.70. The first-order chi connectivity index (χ1) is 5.79. The van der Waals surface area contributed by atoms with Gasteiger partial charge in [0.25, 0.3) is 0 Å². The van der Waals surface area contributed by atoms with E-state index in [0.29, 0.717) is 6.54 Å². The van der Waals surface area contributed by atoms with E-state index in [2.05, 4.69) is 27.5 Å². The van der Waals surface area contributed by atoms with Gasteiger partial charge in [0.1, 0.15) is 5.76 Å². The molecule has 0 aromatic carbocycles. The number of aromatic nitrogens is 1. The molecule has 0 aliphatic rings. The van der Waals surface area contributed by atoms with Crippen molar-refractivity contribution < 1.29 is 4.52 Å². The first kappa shape index (κ1) is 9.10. The molecule has 12 heavy (non-hydrogen) atoms. The Balaban J connectivity index is 2.93. The molecule has 0 saturated carbocycles. The summed E-state index contributed by atoms with van der Waals surface area (Å²) in [4.78, 5) is 3.85. The van der Waals surface area contributed by atoms with Crippen molar-refractivity contribution >= 4 is 17.4 Å². The van der Waals surface area contributed by atoms with E-state index in [0.717, 1.165) is 23.4 Å². The Bertz CT molecular complexity index is 313. The second-order valence-electron chi connectivity index (χ2n) is 2.43. The van der Waals surface area contributed by atoms with Crippen LogP contribution in [0, 0.1) is 6.92 Å². The molecule has 0 aliphatic heterocycles. The van der Waals surface area contributed by atoms with E-state index in [-0.39, 0.29) is 0 Å². The summed E-state index contributed by atoms with van der Waals surface area (Å²) in [7, 11) is 0. The van der Waals surface area contributed by atoms with Gasteiger partial charge in [-0.25, -0.2) is 4.99 Å². The second-order valence-corrected chi connectivity index (χ2v) is 2.61. The summed E-state index contributed by atoms with van der Waals surface area (Å²) < 4.78 is 5.01. The molecule has 1 aromatic heterocycles. The molecule has 4 heteroatoms. The Morgan fingerprint density at radius 1 is 1.67 bits per heavy atom. The molecule has 1 heterocycles. The van der Waals surface area contributed by atoms with Crippen molar-refractivity contribution in [1.82, 2.24) is 5.16 Å². The van der Waals surface area contributed by atoms with Crippen LogP contribution in [-0.4, -0.2) is 10.3 Å². The van der Waals surface area contributed by atoms with E-state index in [9.17, 15) is 0 Å². The van der Waals surface area contributed by atoms with Gasteiger partial charge in [-0.2, -0.15) is 0 Å². The van der Waals surface area contributed by atoms with Crippen molar-refractivity contribution in [2.75, 3.05) is 0 Å². The highest BCUT2D eigenvalue weighted by Crippen LogP contribution is 2.14. The minimum absolute atomic E-state index is 0.530. The van der Waals surface area contributed by atoms with Crippen LogP contribution in [0.2, 0.25) is 0 Å². The monoisotopic (exact) mass is 182 g/mol. The lowest BCUT2D eigenvalue weighted by molar-refractivity contribution is 0.390. The van der Waals surface area contributed by atoms with Crippen molar-refractivity contribution in [2.45, 2.75) is 26.8 Å². The smallest absolute Gasteiger partial charge is 0.139 e. The quantitative estimate of drug-likeness (QED) is 0.531. The first-order valence-electron chi connectivity index (χ1n) is 3.77. The lowest BCUT2D eigenvalue weighted by Crippen LogP contribution is -1.89. The standard InChI is InChI=1S/C8H10N2OS/c1-3-8-7(4-9-5-12)6(2)11-10-8/h3-4H2,1-2H3. The SMILES string of the molecule is CCc1noc(C)c1CN=C=S. The molecule has 0 amide bonds. The molecular weight excluding hydrogens is 172 g/mol. The molecule has 0 bridgehead atoms. The summed E-state index contributed by atoms with van der Waals surface area (Å²) in [5.41, 5.74) is 2.00. The maximum absolute atomic E-state index is 5.01. The van der Waals surface area contributed by atoms with Gasteiger partial charge in [-0.3, -0.25) is 0 Å². The van der Waals surface area contributed by atoms with Gasteiger partial charge in [0.05, 0.1) is 17.4 Å². The van der Waals surface area contributed by atoms with Crippen LogP contribution in [0.5, 0.6) is 0 Å². The Morgan fingerprint density at radius 2 is 2.42 bits per heavy atom. The van der Waals surface area contributed by atoms with Gasteiger partial charge >= 0.3 is 0 Å². The molecule has 0 fully saturated rings. The summed E-state index contributed by atoms with van der Waals surface area (Å²) in [6.07, 6.45) is 0.861. The summed E-state index contributed by atoms with van der Waals surface area (Å²) in [6, 6.07) is 0. The highest BCUT2D eigenvalue weighted by atomic mass is 32.1. The lowest BCUT2D eigenvalue weighted by Gasteiger charge is -1.92. The van der Waals surface area contributed by atoms with Crippen LogP contribution in [0.25, 0.3) is 0 Å². The number of hydrogen-bond acceptors (Lipinski definition) is 4. The van der Waals surface area contributed by atoms with Crippen LogP contribution in [0.15, 0.2) is 9.52 Å². The van der Waals surface area contributed by atoms with E-state index in [4.69, 9.17) is 4.52 Å². The van der Waals surface area contributed by atoms with Crippen molar-refractivity contribution in [2.24, 2.45) is 4.99 Å². The van der Waals surface area contributed by atoms with E-state index in [1.807, 2.05) is 13.8 Å². The van der Waals surface area contributed by atoms with E-state index in [1.54, 1.807) is 0 Å². The third-order valence-corrected chi connectivity index (χ3v) is 1.83. The maximum atomic E-state index is 5.01. The zero-order valence-electron chi connectivity index (χ0n) is 7.13. The average Bonchev–Trinajstić information content (AvgIpc) is 2.43. The number of nitrogens with zero attached hydrogens (tertiary/aromatic N) is 2. The zero-order chi connectivity index (χ0) is 8.97. The predicted octanol–water partition coefficient (Wildman–Crippen LogP) is 2.15. The van der Waals surface area contributed by atoms with Crippen LogP contribution >= 0.6 is 12.2 Å². The molecule has 0 N–H and O–H groups in total. The topological polar surface area (TPSA) is 38.4 Å². The van der Waals surface area contributed by atoms with Gasteiger partial charge in [-0.15, -0.1) is 0 Å². The summed E-state index contributed by atoms with van der Waals surface area (Å²) in [5, 5.41) is 6.21. The van der Waals surface area contributed by atoms with Gasteiger partial charge in [-0.1, -0.05) is 12.1 Å². The summed E-state index contributed by atoms with van der Waals surface area (Å²) >= 11 is 4.48. The fraction of sp³-hybridized carbons (Fsp3) is 0.500. The van der Waals surface area contributed by atoms with Gasteiger partial charge in [0, 0.05) is 5.56 Å². The molecule has 64 valence electrons. The van der Waals surface area contributed by atoms with Crippen molar-refractivity contribution in [3.8, 4) is 0 Å². The highest BCUT2D eigenvalue weighted by Gasteiger charge is 2.09. The zero-order valence-corrected chi connectivity index (χ0v) is 7.94. The molecule has 0 unspecified atom stereocenters. The van der Waals surface area contributed by atoms with Gasteiger partial charge in [0.15, 0.2) is 0 Å². The van der Waals surface area contributed by atoms with Crippen LogP contribution in [0.1, 0.15) is 23.9 Å². The maximum Gasteiger partial charge on any atom is 0.139 e. The minimum atomic E-state index is 0.530. The van der Waals surface area contributed by atoms with Crippen LogP contribution in [0.4, 0.5) is 0 Å². The number of aliphatic imine (C=N–C) groups is 1. The largest absolute Gasteiger partial charge is 0.361 e. The van der Waals surface area contributed by atoms with E-state index < -0.39 is 0 Å². The predicted molar refractivity (Wildman–Crippen MR) is 49.3 cm³/mol. The fourth-order valence-corrected chi connectivity index (χ4v) is 1.09. The molecule has 0 spiro atoms. The molecule has 3 nitrogen and oxygen atoms in total. The summed E-state index contributed by atoms with van der Waals surface area (Å²) in [5.74, 6) is 0.820. The Kier molecular flexibility index (Phi) is 3.14. The number of aryl methyl sites for hydroxylation is 2. The van der Waals surface area contributed by atoms with Crippen molar-refractivity contribution in [3.05, 3.63) is 17.0 Å². The first-order valence-corrected chi connectivity index (χ1v) is 4.18. The summed E-state index contributed by atoms with van der Waals surface area (Å²) in [6.45, 7) is 4.43. The average molecular weight is 182 g/mol. The van der Waals surface area contributed by atoms with Crippen LogP contribution in [-0.2, 0) is 13.0 Å². The Labute approximate surface area is 76.5 Å². The highest BCUT2D eigenvalue weighted by molar-refractivity contribution is 7.78. The normalized spacial score (nSPS) is 9.50. The third kappa shape index (κ3) is 1.78. The lowest BCUT2D eigenvalue weighted by atomic mass is 10.1. The molecule has 1 aromatic rings. The number of hydrogen-bond donors (Lipinski definition) is 0. The van der Waals surface area contributed by atoms with Crippen LogP contribution in [0.3, 0.4) is 0 Å². The Hall–Kier alpha value is -0.990. The number of isothiocyanates is 1. The number of thiocarbonyl (C=S) groups is 1. The van der Waals surface area contributed by atoms with Gasteiger partial charge < -0.3 is 4.52 Å². The molecular formula is C8H10N2OS. The molecule has 0 aliphatic carbocycles. The molecule has 0 radical (unpaired) electrons. The van der Waals surface area contributed by atoms with Crippen molar-refractivity contribution in [3.63, 3.8) is 0 Å².